The normalized spacial score (nSPS) is 17.8. The molecule has 14 nitrogen and oxygen atoms in total. The third-order valence-electron chi connectivity index (χ3n) is 6.63. The minimum Gasteiger partial charge on any atom is -0.494 e. The SMILES string of the molecule is CC(C)(C)OC(=O)CC[C@]1(C(=O)NNC(CO)CO)N=C(c2ccc(OCCCO)cc2)O[C@H]1c1ccccc1CN=[N+]=[N-]. The van der Waals surface area contributed by atoms with Crippen LogP contribution in [0.5, 0.6) is 5.75 Å². The lowest BCUT2D eigenvalue weighted by Gasteiger charge is -2.32. The number of hydrazine groups is 1. The molecular weight excluding hydrogens is 572 g/mol. The Labute approximate surface area is 255 Å². The number of carbonyl (C=O) groups is 2. The van der Waals surface area contributed by atoms with Gasteiger partial charge in [0.15, 0.2) is 11.6 Å². The lowest BCUT2D eigenvalue weighted by atomic mass is 9.82. The van der Waals surface area contributed by atoms with Crippen LogP contribution in [0.4, 0.5) is 0 Å². The largest absolute Gasteiger partial charge is 0.494 e. The van der Waals surface area contributed by atoms with Crippen LogP contribution in [0.2, 0.25) is 0 Å². The number of aliphatic hydroxyl groups excluding tert-OH is 3. The Morgan fingerprint density at radius 2 is 1.84 bits per heavy atom. The van der Waals surface area contributed by atoms with Gasteiger partial charge in [-0.1, -0.05) is 29.4 Å². The molecular formula is C30H40N6O8. The molecule has 3 rings (SSSR count). The molecule has 1 heterocycles. The summed E-state index contributed by atoms with van der Waals surface area (Å²) in [6.45, 7) is 4.61. The van der Waals surface area contributed by atoms with E-state index in [9.17, 15) is 19.8 Å². The second-order valence-corrected chi connectivity index (χ2v) is 11.1. The third kappa shape index (κ3) is 9.15. The molecule has 0 saturated carbocycles. The van der Waals surface area contributed by atoms with Gasteiger partial charge in [0.1, 0.15) is 11.4 Å². The summed E-state index contributed by atoms with van der Waals surface area (Å²) < 4.78 is 17.6. The van der Waals surface area contributed by atoms with Crippen molar-refractivity contribution in [3.05, 3.63) is 75.7 Å². The third-order valence-corrected chi connectivity index (χ3v) is 6.63. The first-order chi connectivity index (χ1) is 21.1. The minimum atomic E-state index is -1.74. The number of amides is 1. The number of ether oxygens (including phenoxy) is 3. The van der Waals surface area contributed by atoms with E-state index in [4.69, 9.17) is 29.8 Å². The molecule has 14 heteroatoms. The summed E-state index contributed by atoms with van der Waals surface area (Å²) in [5.41, 5.74) is 13.3. The molecule has 1 aliphatic heterocycles. The zero-order chi connectivity index (χ0) is 32.2. The number of rotatable bonds is 16. The summed E-state index contributed by atoms with van der Waals surface area (Å²) in [4.78, 5) is 34.6. The predicted molar refractivity (Wildman–Crippen MR) is 160 cm³/mol. The Hall–Kier alpha value is -4.20. The van der Waals surface area contributed by atoms with Crippen molar-refractivity contribution >= 4 is 17.8 Å². The lowest BCUT2D eigenvalue weighted by molar-refractivity contribution is -0.155. The number of hydrogen-bond acceptors (Lipinski definition) is 11. The number of benzene rings is 2. The molecule has 2 aromatic rings. The van der Waals surface area contributed by atoms with E-state index < -0.39 is 48.4 Å². The maximum absolute atomic E-state index is 14.1. The number of nitrogens with zero attached hydrogens (tertiary/aromatic N) is 4. The van der Waals surface area contributed by atoms with Crippen molar-refractivity contribution in [3.63, 3.8) is 0 Å². The topological polar surface area (TPSA) is 208 Å². The van der Waals surface area contributed by atoms with Gasteiger partial charge in [0, 0.05) is 29.9 Å². The van der Waals surface area contributed by atoms with E-state index in [1.165, 1.54) is 0 Å². The van der Waals surface area contributed by atoms with Crippen molar-refractivity contribution in [2.24, 2.45) is 10.1 Å². The number of aliphatic imine (C=N–C) groups is 1. The standard InChI is InChI=1S/C30H40N6O8/c1-29(2,3)44-25(40)13-14-30(28(41)35-34-22(18-38)19-39)26(24-8-5-4-7-21(24)17-32-36-31)43-27(33-30)20-9-11-23(12-10-20)42-16-6-15-37/h4-5,7-12,22,26,34,37-39H,6,13-19H2,1-3H3,(H,35,41)/t26-,30-/m0/s1. The van der Waals surface area contributed by atoms with Gasteiger partial charge in [-0.2, -0.15) is 0 Å². The first-order valence-corrected chi connectivity index (χ1v) is 14.3. The van der Waals surface area contributed by atoms with Gasteiger partial charge in [-0.25, -0.2) is 10.4 Å². The molecule has 0 unspecified atom stereocenters. The Kier molecular flexibility index (Phi) is 12.5. The maximum atomic E-state index is 14.1. The molecule has 238 valence electrons. The van der Waals surface area contributed by atoms with Crippen molar-refractivity contribution in [1.29, 1.82) is 0 Å². The monoisotopic (exact) mass is 612 g/mol. The number of esters is 1. The lowest BCUT2D eigenvalue weighted by Crippen LogP contribution is -2.56. The van der Waals surface area contributed by atoms with Gasteiger partial charge in [-0.15, -0.1) is 0 Å². The van der Waals surface area contributed by atoms with E-state index in [2.05, 4.69) is 20.9 Å². The Morgan fingerprint density at radius 1 is 1.14 bits per heavy atom. The molecule has 0 aromatic heterocycles. The predicted octanol–water partition coefficient (Wildman–Crippen LogP) is 2.61. The highest BCUT2D eigenvalue weighted by Gasteiger charge is 2.54. The second-order valence-electron chi connectivity index (χ2n) is 11.1. The molecule has 0 radical (unpaired) electrons. The van der Waals surface area contributed by atoms with Crippen LogP contribution in [0, 0.1) is 0 Å². The van der Waals surface area contributed by atoms with E-state index in [1.807, 2.05) is 0 Å². The van der Waals surface area contributed by atoms with E-state index in [0.29, 0.717) is 35.5 Å². The smallest absolute Gasteiger partial charge is 0.306 e. The van der Waals surface area contributed by atoms with Crippen molar-refractivity contribution in [2.45, 2.75) is 69.9 Å². The number of nitrogens with one attached hydrogen (secondary N) is 2. The molecule has 2 atom stereocenters. The van der Waals surface area contributed by atoms with Crippen LogP contribution in [-0.2, 0) is 25.6 Å². The van der Waals surface area contributed by atoms with Gasteiger partial charge in [-0.3, -0.25) is 15.0 Å². The number of aliphatic hydroxyl groups is 3. The van der Waals surface area contributed by atoms with Gasteiger partial charge in [0.05, 0.1) is 32.4 Å². The van der Waals surface area contributed by atoms with Crippen LogP contribution in [0.25, 0.3) is 10.4 Å². The summed E-state index contributed by atoms with van der Waals surface area (Å²) >= 11 is 0. The molecule has 0 aliphatic carbocycles. The van der Waals surface area contributed by atoms with Crippen LogP contribution in [0.3, 0.4) is 0 Å². The van der Waals surface area contributed by atoms with E-state index in [-0.39, 0.29) is 31.9 Å². The highest BCUT2D eigenvalue weighted by atomic mass is 16.6. The van der Waals surface area contributed by atoms with Crippen LogP contribution in [0.15, 0.2) is 58.6 Å². The van der Waals surface area contributed by atoms with Crippen LogP contribution >= 0.6 is 0 Å². The molecule has 0 saturated heterocycles. The molecule has 2 aromatic carbocycles. The highest BCUT2D eigenvalue weighted by molar-refractivity contribution is 6.01. The fraction of sp³-hybridized carbons (Fsp3) is 0.500. The van der Waals surface area contributed by atoms with Crippen LogP contribution < -0.4 is 15.6 Å². The molecule has 0 bridgehead atoms. The molecule has 0 fully saturated rings. The first kappa shape index (κ1) is 34.3. The summed E-state index contributed by atoms with van der Waals surface area (Å²) in [5, 5.41) is 31.8. The Morgan fingerprint density at radius 3 is 2.48 bits per heavy atom. The van der Waals surface area contributed by atoms with Crippen molar-refractivity contribution in [1.82, 2.24) is 10.9 Å². The van der Waals surface area contributed by atoms with Gasteiger partial charge in [0.25, 0.3) is 5.91 Å². The van der Waals surface area contributed by atoms with E-state index in [0.717, 1.165) is 0 Å². The fourth-order valence-electron chi connectivity index (χ4n) is 4.50. The average Bonchev–Trinajstić information content (AvgIpc) is 3.40. The van der Waals surface area contributed by atoms with Gasteiger partial charge in [-0.05, 0) is 68.1 Å². The summed E-state index contributed by atoms with van der Waals surface area (Å²) in [6, 6.07) is 13.0. The highest BCUT2D eigenvalue weighted by Crippen LogP contribution is 2.44. The Balaban J connectivity index is 2.11. The van der Waals surface area contributed by atoms with Gasteiger partial charge < -0.3 is 29.5 Å². The average molecular weight is 613 g/mol. The number of azide groups is 1. The summed E-state index contributed by atoms with van der Waals surface area (Å²) in [5.74, 6) is -0.546. The number of hydrogen-bond donors (Lipinski definition) is 5. The molecule has 0 spiro atoms. The molecule has 44 heavy (non-hydrogen) atoms. The summed E-state index contributed by atoms with van der Waals surface area (Å²) in [7, 11) is 0. The van der Waals surface area contributed by atoms with Crippen LogP contribution in [0.1, 0.15) is 62.8 Å². The quantitative estimate of drug-likeness (QED) is 0.0471. The molecule has 1 aliphatic rings. The van der Waals surface area contributed by atoms with E-state index in [1.54, 1.807) is 69.3 Å². The van der Waals surface area contributed by atoms with Crippen molar-refractivity contribution < 1.29 is 39.1 Å². The zero-order valence-electron chi connectivity index (χ0n) is 25.1. The van der Waals surface area contributed by atoms with Gasteiger partial charge >= 0.3 is 5.97 Å². The maximum Gasteiger partial charge on any atom is 0.306 e. The minimum absolute atomic E-state index is 0.00489. The summed E-state index contributed by atoms with van der Waals surface area (Å²) in [6.07, 6.45) is -0.925. The van der Waals surface area contributed by atoms with Crippen LogP contribution in [-0.4, -0.2) is 76.7 Å². The second kappa shape index (κ2) is 16.0. The van der Waals surface area contributed by atoms with Crippen molar-refractivity contribution in [3.8, 4) is 5.75 Å². The Bertz CT molecular complexity index is 1340. The zero-order valence-corrected chi connectivity index (χ0v) is 25.1. The molecule has 5 N–H and O–H groups in total. The molecule has 1 amide bonds. The van der Waals surface area contributed by atoms with Crippen molar-refractivity contribution in [2.75, 3.05) is 26.4 Å². The first-order valence-electron chi connectivity index (χ1n) is 14.3. The van der Waals surface area contributed by atoms with Gasteiger partial charge in [0.2, 0.25) is 5.90 Å². The fourth-order valence-corrected chi connectivity index (χ4v) is 4.50. The van der Waals surface area contributed by atoms with E-state index >= 15 is 0 Å². The number of carbonyl (C=O) groups excluding carboxylic acids is 2.